The van der Waals surface area contributed by atoms with Crippen LogP contribution in [-0.4, -0.2) is 38.6 Å². The summed E-state index contributed by atoms with van der Waals surface area (Å²) in [7, 11) is 1.73. The lowest BCUT2D eigenvalue weighted by atomic mass is 9.75. The summed E-state index contributed by atoms with van der Waals surface area (Å²) in [6.45, 7) is 4.75. The van der Waals surface area contributed by atoms with Crippen molar-refractivity contribution >= 4 is 5.91 Å². The first-order valence-electron chi connectivity index (χ1n) is 11.1. The molecule has 1 aliphatic carbocycles. The number of carbonyl (C=O) groups is 1. The third-order valence-electron chi connectivity index (χ3n) is 7.18. The fourth-order valence-corrected chi connectivity index (χ4v) is 5.25. The van der Waals surface area contributed by atoms with E-state index in [4.69, 9.17) is 0 Å². The molecule has 1 amide bonds. The maximum Gasteiger partial charge on any atom is 0.315 e. The van der Waals surface area contributed by atoms with Crippen molar-refractivity contribution in [2.45, 2.75) is 76.8 Å². The zero-order valence-electron chi connectivity index (χ0n) is 18.1. The van der Waals surface area contributed by atoms with Crippen LogP contribution in [0.5, 0.6) is 5.75 Å². The highest BCUT2D eigenvalue weighted by Crippen LogP contribution is 2.44. The zero-order valence-corrected chi connectivity index (χ0v) is 18.1. The molecule has 2 aliphatic rings. The number of nitrogens with zero attached hydrogens (tertiary/aromatic N) is 3. The first kappa shape index (κ1) is 20.6. The van der Waals surface area contributed by atoms with E-state index in [-0.39, 0.29) is 23.1 Å². The van der Waals surface area contributed by atoms with Gasteiger partial charge in [0.15, 0.2) is 5.69 Å². The summed E-state index contributed by atoms with van der Waals surface area (Å²) in [5, 5.41) is 10.4. The molecule has 0 radical (unpaired) electrons. The summed E-state index contributed by atoms with van der Waals surface area (Å²) in [6.07, 6.45) is 6.76. The summed E-state index contributed by atoms with van der Waals surface area (Å²) in [4.78, 5) is 31.4. The standard InChI is InChI=1S/C24H31N3O3/c1-4-16-9-8-10-17(13-16)24(11-6-7-12-24)14-19-25-22(29)21(28)20-23(30)26(3)18(5-2)15-27(19)20/h8-10,13,18,28H,4-7,11-12,14-15H2,1-3H3. The quantitative estimate of drug-likeness (QED) is 0.821. The van der Waals surface area contributed by atoms with Crippen molar-refractivity contribution < 1.29 is 9.90 Å². The Morgan fingerprint density at radius 2 is 1.93 bits per heavy atom. The highest BCUT2D eigenvalue weighted by Gasteiger charge is 2.40. The fraction of sp³-hybridized carbons (Fsp3) is 0.542. The molecule has 4 rings (SSSR count). The highest BCUT2D eigenvalue weighted by atomic mass is 16.3. The molecule has 1 unspecified atom stereocenters. The molecule has 0 saturated heterocycles. The SMILES string of the molecule is CCc1cccc(C2(Cc3nc(=O)c(O)c4n3CC(CC)N(C)C4=O)CCCC2)c1. The number of benzene rings is 1. The molecule has 1 aliphatic heterocycles. The van der Waals surface area contributed by atoms with Gasteiger partial charge in [-0.05, 0) is 36.8 Å². The number of likely N-dealkylation sites (N-methyl/N-ethyl adjacent to an activating group) is 1. The predicted octanol–water partition coefficient (Wildman–Crippen LogP) is 3.43. The van der Waals surface area contributed by atoms with Crippen LogP contribution in [0.4, 0.5) is 0 Å². The van der Waals surface area contributed by atoms with Crippen LogP contribution in [0.15, 0.2) is 29.1 Å². The number of aryl methyl sites for hydroxylation is 1. The van der Waals surface area contributed by atoms with Crippen LogP contribution in [0.25, 0.3) is 0 Å². The van der Waals surface area contributed by atoms with Gasteiger partial charge in [-0.2, -0.15) is 4.98 Å². The van der Waals surface area contributed by atoms with Gasteiger partial charge in [0.05, 0.1) is 0 Å². The maximum absolute atomic E-state index is 13.0. The summed E-state index contributed by atoms with van der Waals surface area (Å²) in [5.41, 5.74) is 1.90. The molecule has 0 bridgehead atoms. The number of aromatic hydroxyl groups is 1. The first-order valence-corrected chi connectivity index (χ1v) is 11.1. The van der Waals surface area contributed by atoms with Crippen LogP contribution in [0.1, 0.15) is 73.4 Å². The summed E-state index contributed by atoms with van der Waals surface area (Å²) in [5.74, 6) is -0.213. The number of aromatic nitrogens is 2. The monoisotopic (exact) mass is 409 g/mol. The van der Waals surface area contributed by atoms with E-state index in [1.165, 1.54) is 11.1 Å². The van der Waals surface area contributed by atoms with Gasteiger partial charge in [-0.1, -0.05) is 51.0 Å². The molecule has 160 valence electrons. The Bertz CT molecular complexity index is 1020. The van der Waals surface area contributed by atoms with E-state index in [0.717, 1.165) is 38.5 Å². The third-order valence-corrected chi connectivity index (χ3v) is 7.18. The number of amides is 1. The van der Waals surface area contributed by atoms with Gasteiger partial charge in [0.1, 0.15) is 5.82 Å². The van der Waals surface area contributed by atoms with E-state index in [1.807, 2.05) is 11.5 Å². The van der Waals surface area contributed by atoms with Crippen LogP contribution in [-0.2, 0) is 24.8 Å². The number of rotatable bonds is 5. The minimum absolute atomic E-state index is 0.0235. The van der Waals surface area contributed by atoms with E-state index in [2.05, 4.69) is 36.2 Å². The Kier molecular flexibility index (Phi) is 5.43. The first-order chi connectivity index (χ1) is 14.4. The molecule has 1 aromatic carbocycles. The Hall–Kier alpha value is -2.63. The molecule has 1 fully saturated rings. The van der Waals surface area contributed by atoms with Crippen molar-refractivity contribution in [1.82, 2.24) is 14.5 Å². The molecule has 6 nitrogen and oxygen atoms in total. The van der Waals surface area contributed by atoms with Crippen LogP contribution in [0.2, 0.25) is 0 Å². The summed E-state index contributed by atoms with van der Waals surface area (Å²) < 4.78 is 1.82. The van der Waals surface area contributed by atoms with Crippen LogP contribution < -0.4 is 5.56 Å². The smallest absolute Gasteiger partial charge is 0.315 e. The molecule has 2 aromatic rings. The van der Waals surface area contributed by atoms with Crippen molar-refractivity contribution in [3.63, 3.8) is 0 Å². The Labute approximate surface area is 177 Å². The lowest BCUT2D eigenvalue weighted by Crippen LogP contribution is -2.48. The van der Waals surface area contributed by atoms with Crippen molar-refractivity contribution in [2.75, 3.05) is 7.05 Å². The Balaban J connectivity index is 1.83. The number of hydrogen-bond acceptors (Lipinski definition) is 4. The maximum atomic E-state index is 13.0. The van der Waals surface area contributed by atoms with Gasteiger partial charge in [-0.3, -0.25) is 9.59 Å². The van der Waals surface area contributed by atoms with Crippen molar-refractivity contribution in [3.05, 3.63) is 57.3 Å². The van der Waals surface area contributed by atoms with Gasteiger partial charge in [-0.15, -0.1) is 0 Å². The minimum Gasteiger partial charge on any atom is -0.501 e. The second-order valence-electron chi connectivity index (χ2n) is 8.84. The molecule has 6 heteroatoms. The summed E-state index contributed by atoms with van der Waals surface area (Å²) >= 11 is 0. The lowest BCUT2D eigenvalue weighted by molar-refractivity contribution is 0.0637. The molecule has 2 heterocycles. The predicted molar refractivity (Wildman–Crippen MR) is 116 cm³/mol. The molecule has 0 spiro atoms. The van der Waals surface area contributed by atoms with Gasteiger partial charge in [0.2, 0.25) is 5.75 Å². The van der Waals surface area contributed by atoms with Gasteiger partial charge < -0.3 is 14.6 Å². The van der Waals surface area contributed by atoms with Crippen LogP contribution >= 0.6 is 0 Å². The topological polar surface area (TPSA) is 75.4 Å². The fourth-order valence-electron chi connectivity index (χ4n) is 5.25. The van der Waals surface area contributed by atoms with Crippen LogP contribution in [0, 0.1) is 0 Å². The average Bonchev–Trinajstić information content (AvgIpc) is 3.23. The van der Waals surface area contributed by atoms with Gasteiger partial charge in [-0.25, -0.2) is 0 Å². The van der Waals surface area contributed by atoms with Crippen molar-refractivity contribution in [2.24, 2.45) is 0 Å². The molecule has 30 heavy (non-hydrogen) atoms. The van der Waals surface area contributed by atoms with Crippen molar-refractivity contribution in [3.8, 4) is 5.75 Å². The zero-order chi connectivity index (χ0) is 21.5. The normalized spacial score (nSPS) is 20.4. The minimum atomic E-state index is -0.705. The van der Waals surface area contributed by atoms with Gasteiger partial charge in [0.25, 0.3) is 5.91 Å². The molecule has 1 atom stereocenters. The molecular weight excluding hydrogens is 378 g/mol. The van der Waals surface area contributed by atoms with Gasteiger partial charge in [0, 0.05) is 31.5 Å². The van der Waals surface area contributed by atoms with Crippen LogP contribution in [0.3, 0.4) is 0 Å². The van der Waals surface area contributed by atoms with E-state index < -0.39 is 11.3 Å². The lowest BCUT2D eigenvalue weighted by Gasteiger charge is -2.37. The highest BCUT2D eigenvalue weighted by molar-refractivity contribution is 5.95. The number of hydrogen-bond donors (Lipinski definition) is 1. The number of carbonyl (C=O) groups excluding carboxylic acids is 1. The van der Waals surface area contributed by atoms with E-state index in [0.29, 0.717) is 18.8 Å². The second-order valence-corrected chi connectivity index (χ2v) is 8.84. The molecule has 1 saturated carbocycles. The van der Waals surface area contributed by atoms with Crippen molar-refractivity contribution in [1.29, 1.82) is 0 Å². The Morgan fingerprint density at radius 3 is 2.60 bits per heavy atom. The van der Waals surface area contributed by atoms with E-state index in [9.17, 15) is 14.7 Å². The number of fused-ring (bicyclic) bond motifs is 1. The summed E-state index contributed by atoms with van der Waals surface area (Å²) in [6, 6.07) is 8.77. The third kappa shape index (κ3) is 3.32. The Morgan fingerprint density at radius 1 is 1.20 bits per heavy atom. The molecule has 1 N–H and O–H groups in total. The molecule has 1 aromatic heterocycles. The average molecular weight is 410 g/mol. The van der Waals surface area contributed by atoms with E-state index >= 15 is 0 Å². The molecular formula is C24H31N3O3. The largest absolute Gasteiger partial charge is 0.501 e. The van der Waals surface area contributed by atoms with Gasteiger partial charge >= 0.3 is 5.56 Å². The second kappa shape index (κ2) is 7.89. The van der Waals surface area contributed by atoms with E-state index in [1.54, 1.807) is 11.9 Å².